The van der Waals surface area contributed by atoms with Crippen LogP contribution in [0.15, 0.2) is 71.6 Å². The molecule has 1 unspecified atom stereocenters. The van der Waals surface area contributed by atoms with Crippen LogP contribution in [-0.4, -0.2) is 38.8 Å². The van der Waals surface area contributed by atoms with E-state index >= 15 is 0 Å². The molecule has 0 aliphatic rings. The van der Waals surface area contributed by atoms with Crippen molar-refractivity contribution in [3.63, 3.8) is 0 Å². The smallest absolute Gasteiger partial charge is 0.257 e. The zero-order valence-corrected chi connectivity index (χ0v) is 23.3. The predicted molar refractivity (Wildman–Crippen MR) is 149 cm³/mol. The van der Waals surface area contributed by atoms with Gasteiger partial charge in [-0.1, -0.05) is 55.2 Å². The Hall–Kier alpha value is -2.58. The molecule has 1 amide bonds. The summed E-state index contributed by atoms with van der Waals surface area (Å²) in [7, 11) is -0.0846. The summed E-state index contributed by atoms with van der Waals surface area (Å²) in [6, 6.07) is 18.2. The average Bonchev–Trinajstić information content (AvgIpc) is 2.82. The first-order chi connectivity index (χ1) is 16.9. The lowest BCUT2D eigenvalue weighted by atomic mass is 10.1. The van der Waals surface area contributed by atoms with Gasteiger partial charge in [0.15, 0.2) is 0 Å². The second-order valence-corrected chi connectivity index (χ2v) is 11.9. The minimum atomic E-state index is -3.87. The largest absolute Gasteiger partial charge is 0.377 e. The second-order valence-electron chi connectivity index (χ2n) is 9.16. The molecule has 192 valence electrons. The van der Waals surface area contributed by atoms with Gasteiger partial charge >= 0.3 is 0 Å². The van der Waals surface area contributed by atoms with Gasteiger partial charge in [-0.25, -0.2) is 8.42 Å². The Morgan fingerprint density at radius 3 is 2.25 bits per heavy atom. The summed E-state index contributed by atoms with van der Waals surface area (Å²) in [6.07, 6.45) is 0. The average molecular weight is 549 g/mol. The number of benzene rings is 3. The molecule has 3 rings (SSSR count). The summed E-state index contributed by atoms with van der Waals surface area (Å²) in [5.41, 5.74) is 2.48. The summed E-state index contributed by atoms with van der Waals surface area (Å²) < 4.78 is 29.0. The Morgan fingerprint density at radius 1 is 0.944 bits per heavy atom. The molecule has 0 saturated carbocycles. The van der Waals surface area contributed by atoms with E-state index in [4.69, 9.17) is 23.2 Å². The van der Waals surface area contributed by atoms with Gasteiger partial charge < -0.3 is 10.2 Å². The van der Waals surface area contributed by atoms with E-state index in [0.29, 0.717) is 21.3 Å². The van der Waals surface area contributed by atoms with Crippen LogP contribution in [0.5, 0.6) is 0 Å². The highest BCUT2D eigenvalue weighted by molar-refractivity contribution is 7.89. The highest BCUT2D eigenvalue weighted by atomic mass is 35.5. The molecule has 0 aliphatic carbocycles. The number of nitrogens with zero attached hydrogens (tertiary/aromatic N) is 2. The lowest BCUT2D eigenvalue weighted by Crippen LogP contribution is -2.41. The van der Waals surface area contributed by atoms with Crippen molar-refractivity contribution in [2.75, 3.05) is 24.3 Å². The third kappa shape index (κ3) is 6.40. The van der Waals surface area contributed by atoms with E-state index in [-0.39, 0.29) is 29.3 Å². The lowest BCUT2D eigenvalue weighted by molar-refractivity contribution is 0.102. The van der Waals surface area contributed by atoms with Crippen LogP contribution in [0.1, 0.15) is 36.7 Å². The van der Waals surface area contributed by atoms with Gasteiger partial charge in [0.1, 0.15) is 0 Å². The van der Waals surface area contributed by atoms with Crippen LogP contribution in [0.2, 0.25) is 10.0 Å². The fourth-order valence-electron chi connectivity index (χ4n) is 3.78. The normalized spacial score (nSPS) is 12.6. The van der Waals surface area contributed by atoms with Gasteiger partial charge in [0.25, 0.3) is 5.91 Å². The molecule has 0 spiro atoms. The topological polar surface area (TPSA) is 69.7 Å². The molecular formula is C27H31Cl2N3O3S. The van der Waals surface area contributed by atoms with Gasteiger partial charge in [-0.3, -0.25) is 4.79 Å². The SMILES string of the molecule is CC(C)C(C)N(Cc1cc(NC(=O)c2ccccc2Cl)ccc1N(C)C)S(=O)(=O)c1cccc(Cl)c1. The summed E-state index contributed by atoms with van der Waals surface area (Å²) >= 11 is 12.3. The van der Waals surface area contributed by atoms with Crippen LogP contribution in [0.25, 0.3) is 0 Å². The first kappa shape index (κ1) is 28.0. The van der Waals surface area contributed by atoms with Crippen LogP contribution in [-0.2, 0) is 16.6 Å². The number of carbonyl (C=O) groups is 1. The molecule has 0 heterocycles. The van der Waals surface area contributed by atoms with Crippen molar-refractivity contribution in [2.45, 2.75) is 38.3 Å². The number of sulfonamides is 1. The maximum Gasteiger partial charge on any atom is 0.257 e. The molecule has 9 heteroatoms. The molecule has 0 aromatic heterocycles. The molecule has 6 nitrogen and oxygen atoms in total. The predicted octanol–water partition coefficient (Wildman–Crippen LogP) is 6.55. The minimum Gasteiger partial charge on any atom is -0.377 e. The Kier molecular flexibility index (Phi) is 9.06. The minimum absolute atomic E-state index is 0.0601. The quantitative estimate of drug-likeness (QED) is 0.329. The molecule has 0 bridgehead atoms. The zero-order chi connectivity index (χ0) is 26.6. The van der Waals surface area contributed by atoms with Crippen molar-refractivity contribution in [1.29, 1.82) is 0 Å². The molecule has 0 fully saturated rings. The number of anilines is 2. The third-order valence-electron chi connectivity index (χ3n) is 6.09. The van der Waals surface area contributed by atoms with Gasteiger partial charge in [-0.05, 0) is 66.9 Å². The molecule has 1 N–H and O–H groups in total. The van der Waals surface area contributed by atoms with Gasteiger partial charge in [0.05, 0.1) is 15.5 Å². The van der Waals surface area contributed by atoms with E-state index in [1.807, 2.05) is 45.8 Å². The zero-order valence-electron chi connectivity index (χ0n) is 21.0. The molecule has 0 radical (unpaired) electrons. The summed E-state index contributed by atoms with van der Waals surface area (Å²) in [5, 5.41) is 3.59. The monoisotopic (exact) mass is 547 g/mol. The molecule has 0 aliphatic heterocycles. The Morgan fingerprint density at radius 2 is 1.64 bits per heavy atom. The Labute approximate surface area is 223 Å². The third-order valence-corrected chi connectivity index (χ3v) is 8.58. The molecule has 0 saturated heterocycles. The first-order valence-electron chi connectivity index (χ1n) is 11.6. The van der Waals surface area contributed by atoms with Crippen LogP contribution < -0.4 is 10.2 Å². The molecule has 36 heavy (non-hydrogen) atoms. The van der Waals surface area contributed by atoms with Gasteiger partial charge in [-0.15, -0.1) is 0 Å². The highest BCUT2D eigenvalue weighted by Crippen LogP contribution is 2.31. The number of carbonyl (C=O) groups excluding carboxylic acids is 1. The lowest BCUT2D eigenvalue weighted by Gasteiger charge is -2.32. The fraction of sp³-hybridized carbons (Fsp3) is 0.296. The van der Waals surface area contributed by atoms with E-state index in [0.717, 1.165) is 11.3 Å². The molecular weight excluding hydrogens is 517 g/mol. The van der Waals surface area contributed by atoms with E-state index in [1.54, 1.807) is 54.6 Å². The van der Waals surface area contributed by atoms with Gasteiger partial charge in [0, 0.05) is 43.1 Å². The van der Waals surface area contributed by atoms with E-state index in [1.165, 1.54) is 10.4 Å². The van der Waals surface area contributed by atoms with Gasteiger partial charge in [-0.2, -0.15) is 4.31 Å². The Bertz CT molecular complexity index is 1340. The summed E-state index contributed by atoms with van der Waals surface area (Å²) in [4.78, 5) is 14.9. The van der Waals surface area contributed by atoms with Crippen molar-refractivity contribution in [3.8, 4) is 0 Å². The van der Waals surface area contributed by atoms with E-state index in [9.17, 15) is 13.2 Å². The van der Waals surface area contributed by atoms with Crippen LogP contribution in [0.3, 0.4) is 0 Å². The number of rotatable bonds is 9. The van der Waals surface area contributed by atoms with Crippen molar-refractivity contribution in [1.82, 2.24) is 4.31 Å². The number of amides is 1. The van der Waals surface area contributed by atoms with E-state index < -0.39 is 10.0 Å². The maximum atomic E-state index is 13.8. The highest BCUT2D eigenvalue weighted by Gasteiger charge is 2.32. The molecule has 3 aromatic rings. The number of nitrogens with one attached hydrogen (secondary N) is 1. The van der Waals surface area contributed by atoms with Crippen LogP contribution >= 0.6 is 23.2 Å². The first-order valence-corrected chi connectivity index (χ1v) is 13.7. The fourth-order valence-corrected chi connectivity index (χ4v) is 6.05. The summed E-state index contributed by atoms with van der Waals surface area (Å²) in [5.74, 6) is -0.284. The van der Waals surface area contributed by atoms with Crippen molar-refractivity contribution >= 4 is 50.5 Å². The van der Waals surface area contributed by atoms with Crippen molar-refractivity contribution in [3.05, 3.63) is 87.9 Å². The Balaban J connectivity index is 2.03. The molecule has 1 atom stereocenters. The molecule has 3 aromatic carbocycles. The van der Waals surface area contributed by atoms with Crippen molar-refractivity contribution in [2.24, 2.45) is 5.92 Å². The van der Waals surface area contributed by atoms with Gasteiger partial charge in [0.2, 0.25) is 10.0 Å². The summed E-state index contributed by atoms with van der Waals surface area (Å²) in [6.45, 7) is 5.97. The second kappa shape index (κ2) is 11.6. The number of halogens is 2. The number of hydrogen-bond donors (Lipinski definition) is 1. The van der Waals surface area contributed by atoms with Crippen molar-refractivity contribution < 1.29 is 13.2 Å². The maximum absolute atomic E-state index is 13.8. The van der Waals surface area contributed by atoms with E-state index in [2.05, 4.69) is 5.32 Å². The number of hydrogen-bond acceptors (Lipinski definition) is 4. The standard InChI is InChI=1S/C27H31Cl2N3O3S/c1-18(2)19(3)32(36(34,35)23-10-8-9-21(28)16-23)17-20-15-22(13-14-26(20)31(4)5)30-27(33)24-11-6-7-12-25(24)29/h6-16,18-19H,17H2,1-5H3,(H,30,33). The van der Waals surface area contributed by atoms with Crippen LogP contribution in [0, 0.1) is 5.92 Å². The van der Waals surface area contributed by atoms with Crippen LogP contribution in [0.4, 0.5) is 11.4 Å².